The topological polar surface area (TPSA) is 30.2 Å². The molecule has 3 nitrogen and oxygen atoms in total. The molecule has 0 N–H and O–H groups in total. The van der Waals surface area contributed by atoms with Gasteiger partial charge < -0.3 is 4.57 Å². The second kappa shape index (κ2) is 6.40. The largest absolute Gasteiger partial charge is 0.330 e. The lowest BCUT2D eigenvalue weighted by Crippen LogP contribution is -2.06. The van der Waals surface area contributed by atoms with Gasteiger partial charge in [-0.15, -0.1) is 0 Å². The summed E-state index contributed by atoms with van der Waals surface area (Å²) in [5.41, 5.74) is 0.983. The Morgan fingerprint density at radius 3 is 2.62 bits per heavy atom. The molecule has 1 heterocycles. The number of aliphatic imine (C=N–C) groups is 1. The van der Waals surface area contributed by atoms with E-state index < -0.39 is 0 Å². The summed E-state index contributed by atoms with van der Waals surface area (Å²) in [5, 5.41) is 0. The molecule has 0 aliphatic heterocycles. The molecule has 1 aromatic heterocycles. The van der Waals surface area contributed by atoms with Crippen LogP contribution in [-0.4, -0.2) is 22.3 Å². The van der Waals surface area contributed by atoms with Crippen molar-refractivity contribution in [3.63, 3.8) is 0 Å². The quantitative estimate of drug-likeness (QED) is 0.644. The number of imidazole rings is 1. The molecule has 0 saturated carbocycles. The van der Waals surface area contributed by atoms with E-state index in [4.69, 9.17) is 0 Å². The third kappa shape index (κ3) is 3.01. The van der Waals surface area contributed by atoms with Crippen LogP contribution in [0, 0.1) is 0 Å². The van der Waals surface area contributed by atoms with Crippen molar-refractivity contribution in [2.24, 2.45) is 4.99 Å². The van der Waals surface area contributed by atoms with Crippen molar-refractivity contribution < 1.29 is 0 Å². The van der Waals surface area contributed by atoms with Gasteiger partial charge in [-0.3, -0.25) is 4.99 Å². The molecule has 0 fully saturated rings. The van der Waals surface area contributed by atoms with E-state index in [2.05, 4.69) is 21.5 Å². The predicted octanol–water partition coefficient (Wildman–Crippen LogP) is 2.37. The van der Waals surface area contributed by atoms with Gasteiger partial charge in [0.25, 0.3) is 0 Å². The summed E-state index contributed by atoms with van der Waals surface area (Å²) in [6, 6.07) is 0. The van der Waals surface area contributed by atoms with Crippen molar-refractivity contribution in [1.29, 1.82) is 0 Å². The lowest BCUT2D eigenvalue weighted by Gasteiger charge is -2.01. The molecule has 0 aromatic carbocycles. The van der Waals surface area contributed by atoms with Crippen molar-refractivity contribution in [2.45, 2.75) is 34.2 Å². The fourth-order valence-electron chi connectivity index (χ4n) is 0.986. The fraction of sp³-hybridized carbons (Fsp3) is 0.600. The minimum atomic E-state index is 0.947. The number of rotatable bonds is 2. The number of hydrogen-bond acceptors (Lipinski definition) is 2. The van der Waals surface area contributed by atoms with E-state index in [0.29, 0.717) is 0 Å². The highest BCUT2D eigenvalue weighted by molar-refractivity contribution is 5.95. The first-order valence-electron chi connectivity index (χ1n) is 4.74. The van der Waals surface area contributed by atoms with Crippen molar-refractivity contribution in [3.8, 4) is 0 Å². The molecule has 0 atom stereocenters. The molecule has 0 bridgehead atoms. The van der Waals surface area contributed by atoms with Gasteiger partial charge in [0.1, 0.15) is 0 Å². The number of hydrogen-bond donors (Lipinski definition) is 0. The van der Waals surface area contributed by atoms with Gasteiger partial charge in [-0.05, 0) is 13.8 Å². The number of aryl methyl sites for hydroxylation is 1. The lowest BCUT2D eigenvalue weighted by molar-refractivity contribution is 0.752. The van der Waals surface area contributed by atoms with Crippen LogP contribution < -0.4 is 0 Å². The minimum absolute atomic E-state index is 0.947. The normalized spacial score (nSPS) is 10.7. The van der Waals surface area contributed by atoms with Crippen LogP contribution in [0.15, 0.2) is 17.4 Å². The first-order valence-corrected chi connectivity index (χ1v) is 4.74. The lowest BCUT2D eigenvalue weighted by atomic mass is 10.4. The summed E-state index contributed by atoms with van der Waals surface area (Å²) < 4.78 is 2.07. The summed E-state index contributed by atoms with van der Waals surface area (Å²) in [5.74, 6) is 0.968. The van der Waals surface area contributed by atoms with Crippen LogP contribution in [0.4, 0.5) is 0 Å². The molecule has 3 heteroatoms. The van der Waals surface area contributed by atoms with E-state index in [1.807, 2.05) is 27.0 Å². The number of aromatic nitrogens is 2. The van der Waals surface area contributed by atoms with Gasteiger partial charge in [0.15, 0.2) is 5.82 Å². The van der Waals surface area contributed by atoms with Gasteiger partial charge in [0, 0.05) is 26.0 Å². The smallest absolute Gasteiger partial charge is 0.153 e. The Morgan fingerprint density at radius 1 is 1.54 bits per heavy atom. The molecule has 0 spiro atoms. The fourth-order valence-corrected chi connectivity index (χ4v) is 0.986. The van der Waals surface area contributed by atoms with Crippen LogP contribution in [-0.2, 0) is 6.54 Å². The molecule has 0 aliphatic rings. The van der Waals surface area contributed by atoms with Crippen LogP contribution in [0.1, 0.15) is 33.5 Å². The van der Waals surface area contributed by atoms with E-state index >= 15 is 0 Å². The van der Waals surface area contributed by atoms with Crippen molar-refractivity contribution in [3.05, 3.63) is 18.2 Å². The zero-order chi connectivity index (χ0) is 10.3. The van der Waals surface area contributed by atoms with Crippen LogP contribution in [0.5, 0.6) is 0 Å². The maximum Gasteiger partial charge on any atom is 0.153 e. The molecule has 13 heavy (non-hydrogen) atoms. The van der Waals surface area contributed by atoms with Gasteiger partial charge in [-0.25, -0.2) is 4.98 Å². The molecule has 0 radical (unpaired) electrons. The number of nitrogens with zero attached hydrogens (tertiary/aromatic N) is 3. The third-order valence-electron chi connectivity index (χ3n) is 1.72. The van der Waals surface area contributed by atoms with E-state index in [-0.39, 0.29) is 0 Å². The SMILES string of the molecule is CC.CCn1ccnc1C(C)=NC. The minimum Gasteiger partial charge on any atom is -0.330 e. The van der Waals surface area contributed by atoms with E-state index in [0.717, 1.165) is 18.1 Å². The molecule has 0 aliphatic carbocycles. The Bertz CT molecular complexity index is 261. The summed E-state index contributed by atoms with van der Waals surface area (Å²) in [6.45, 7) is 9.00. The highest BCUT2D eigenvalue weighted by atomic mass is 15.1. The van der Waals surface area contributed by atoms with Gasteiger partial charge in [-0.2, -0.15) is 0 Å². The van der Waals surface area contributed by atoms with Gasteiger partial charge in [-0.1, -0.05) is 13.8 Å². The molecule has 74 valence electrons. The molecule has 1 aromatic rings. The molecular formula is C10H19N3. The standard InChI is InChI=1S/C8H13N3.C2H6/c1-4-11-6-5-10-8(11)7(2)9-3;1-2/h5-6H,4H2,1-3H3;1-2H3. The Kier molecular flexibility index (Phi) is 5.85. The predicted molar refractivity (Wildman–Crippen MR) is 57.4 cm³/mol. The van der Waals surface area contributed by atoms with E-state index in [1.165, 1.54) is 0 Å². The second-order valence-corrected chi connectivity index (χ2v) is 2.35. The van der Waals surface area contributed by atoms with E-state index in [1.54, 1.807) is 13.2 Å². The molecular weight excluding hydrogens is 162 g/mol. The van der Waals surface area contributed by atoms with Crippen LogP contribution in [0.25, 0.3) is 0 Å². The van der Waals surface area contributed by atoms with Gasteiger partial charge in [0.05, 0.1) is 5.71 Å². The van der Waals surface area contributed by atoms with Crippen LogP contribution >= 0.6 is 0 Å². The van der Waals surface area contributed by atoms with Crippen LogP contribution in [0.3, 0.4) is 0 Å². The van der Waals surface area contributed by atoms with Crippen molar-refractivity contribution in [2.75, 3.05) is 7.05 Å². The third-order valence-corrected chi connectivity index (χ3v) is 1.72. The van der Waals surface area contributed by atoms with Crippen molar-refractivity contribution in [1.82, 2.24) is 9.55 Å². The van der Waals surface area contributed by atoms with Crippen molar-refractivity contribution >= 4 is 5.71 Å². The van der Waals surface area contributed by atoms with Crippen LogP contribution in [0.2, 0.25) is 0 Å². The summed E-state index contributed by atoms with van der Waals surface area (Å²) in [7, 11) is 1.78. The Balaban J connectivity index is 0.000000671. The zero-order valence-corrected chi connectivity index (χ0v) is 9.20. The molecule has 1 rings (SSSR count). The van der Waals surface area contributed by atoms with E-state index in [9.17, 15) is 0 Å². The first-order chi connectivity index (χ1) is 6.29. The summed E-state index contributed by atoms with van der Waals surface area (Å²) in [6.07, 6.45) is 3.76. The Hall–Kier alpha value is -1.12. The Labute approximate surface area is 80.5 Å². The molecule has 0 amide bonds. The second-order valence-electron chi connectivity index (χ2n) is 2.35. The average molecular weight is 181 g/mol. The maximum absolute atomic E-state index is 4.19. The van der Waals surface area contributed by atoms with Gasteiger partial charge in [0.2, 0.25) is 0 Å². The van der Waals surface area contributed by atoms with Gasteiger partial charge >= 0.3 is 0 Å². The Morgan fingerprint density at radius 2 is 2.15 bits per heavy atom. The summed E-state index contributed by atoms with van der Waals surface area (Å²) in [4.78, 5) is 8.26. The monoisotopic (exact) mass is 181 g/mol. The highest BCUT2D eigenvalue weighted by Crippen LogP contribution is 1.98. The first kappa shape index (κ1) is 11.9. The molecule has 0 saturated heterocycles. The highest BCUT2D eigenvalue weighted by Gasteiger charge is 2.02. The average Bonchev–Trinajstić information content (AvgIpc) is 2.67. The summed E-state index contributed by atoms with van der Waals surface area (Å²) >= 11 is 0. The maximum atomic E-state index is 4.19. The molecule has 0 unspecified atom stereocenters. The zero-order valence-electron chi connectivity index (χ0n) is 9.20.